The molecule has 1 N–H and O–H groups in total. The van der Waals surface area contributed by atoms with Gasteiger partial charge in [0.25, 0.3) is 0 Å². The number of esters is 1. The Hall–Kier alpha value is -2.17. The fraction of sp³-hybridized carbons (Fsp3) is 0.278. The maximum absolute atomic E-state index is 11.9. The van der Waals surface area contributed by atoms with Crippen LogP contribution in [0.5, 0.6) is 0 Å². The van der Waals surface area contributed by atoms with Gasteiger partial charge in [0, 0.05) is 13.1 Å². The number of rotatable bonds is 8. The number of aliphatic hydroxyl groups is 1. The Morgan fingerprint density at radius 1 is 0.955 bits per heavy atom. The molecule has 0 aliphatic rings. The lowest BCUT2D eigenvalue weighted by Gasteiger charge is -2.20. The highest BCUT2D eigenvalue weighted by Gasteiger charge is 2.12. The lowest BCUT2D eigenvalue weighted by molar-refractivity contribution is -0.146. The van der Waals surface area contributed by atoms with E-state index in [1.807, 2.05) is 65.6 Å². The predicted octanol–water partition coefficient (Wildman–Crippen LogP) is 2.22. The maximum Gasteiger partial charge on any atom is 0.320 e. The van der Waals surface area contributed by atoms with E-state index in [9.17, 15) is 4.79 Å². The molecule has 2 aromatic carbocycles. The number of hydrogen-bond acceptors (Lipinski definition) is 4. The van der Waals surface area contributed by atoms with Gasteiger partial charge in [-0.15, -0.1) is 0 Å². The molecule has 0 spiro atoms. The molecular weight excluding hydrogens is 278 g/mol. The van der Waals surface area contributed by atoms with Crippen molar-refractivity contribution < 1.29 is 14.6 Å². The second kappa shape index (κ2) is 8.97. The van der Waals surface area contributed by atoms with E-state index in [4.69, 9.17) is 9.84 Å². The third kappa shape index (κ3) is 5.68. The Morgan fingerprint density at radius 3 is 2.14 bits per heavy atom. The van der Waals surface area contributed by atoms with Crippen molar-refractivity contribution in [3.8, 4) is 0 Å². The van der Waals surface area contributed by atoms with Crippen molar-refractivity contribution in [3.05, 3.63) is 71.8 Å². The first-order chi connectivity index (χ1) is 10.8. The van der Waals surface area contributed by atoms with Gasteiger partial charge in [-0.1, -0.05) is 60.7 Å². The van der Waals surface area contributed by atoms with E-state index in [2.05, 4.69) is 0 Å². The minimum atomic E-state index is -0.284. The van der Waals surface area contributed by atoms with Gasteiger partial charge >= 0.3 is 5.97 Å². The van der Waals surface area contributed by atoms with E-state index in [0.717, 1.165) is 11.1 Å². The molecule has 0 aliphatic heterocycles. The summed E-state index contributed by atoms with van der Waals surface area (Å²) in [6, 6.07) is 19.5. The first-order valence-electron chi connectivity index (χ1n) is 7.34. The molecule has 0 saturated carbocycles. The zero-order valence-electron chi connectivity index (χ0n) is 12.5. The molecule has 2 aromatic rings. The second-order valence-corrected chi connectivity index (χ2v) is 5.07. The van der Waals surface area contributed by atoms with Crippen molar-refractivity contribution >= 4 is 5.97 Å². The molecule has 0 bridgehead atoms. The molecule has 0 atom stereocenters. The van der Waals surface area contributed by atoms with Crippen LogP contribution in [0.2, 0.25) is 0 Å². The van der Waals surface area contributed by atoms with E-state index in [1.54, 1.807) is 0 Å². The number of carbonyl (C=O) groups excluding carboxylic acids is 1. The maximum atomic E-state index is 11.9. The number of carbonyl (C=O) groups is 1. The molecule has 0 heterocycles. The molecule has 0 saturated heterocycles. The highest BCUT2D eigenvalue weighted by molar-refractivity contribution is 5.71. The summed E-state index contributed by atoms with van der Waals surface area (Å²) in [5.74, 6) is -0.284. The van der Waals surface area contributed by atoms with Crippen LogP contribution in [0.1, 0.15) is 11.1 Å². The van der Waals surface area contributed by atoms with Crippen LogP contribution in [0.15, 0.2) is 60.7 Å². The van der Waals surface area contributed by atoms with Crippen LogP contribution in [0.3, 0.4) is 0 Å². The molecule has 4 heteroatoms. The first-order valence-corrected chi connectivity index (χ1v) is 7.34. The van der Waals surface area contributed by atoms with Crippen molar-refractivity contribution in [1.82, 2.24) is 4.90 Å². The van der Waals surface area contributed by atoms with Crippen LogP contribution >= 0.6 is 0 Å². The van der Waals surface area contributed by atoms with E-state index < -0.39 is 0 Å². The number of nitrogens with zero attached hydrogens (tertiary/aromatic N) is 1. The van der Waals surface area contributed by atoms with Gasteiger partial charge in [-0.3, -0.25) is 9.69 Å². The Kier molecular flexibility index (Phi) is 6.61. The third-order valence-electron chi connectivity index (χ3n) is 3.26. The van der Waals surface area contributed by atoms with Crippen LogP contribution in [-0.4, -0.2) is 35.7 Å². The Morgan fingerprint density at radius 2 is 1.55 bits per heavy atom. The molecule has 0 amide bonds. The molecule has 22 heavy (non-hydrogen) atoms. The number of aliphatic hydroxyl groups excluding tert-OH is 1. The first kappa shape index (κ1) is 16.2. The van der Waals surface area contributed by atoms with Gasteiger partial charge in [-0.25, -0.2) is 0 Å². The van der Waals surface area contributed by atoms with Crippen LogP contribution in [0.25, 0.3) is 0 Å². The summed E-state index contributed by atoms with van der Waals surface area (Å²) in [6.07, 6.45) is 0. The molecule has 0 unspecified atom stereocenters. The summed E-state index contributed by atoms with van der Waals surface area (Å²) in [5, 5.41) is 9.14. The number of hydrogen-bond donors (Lipinski definition) is 1. The van der Waals surface area contributed by atoms with Crippen molar-refractivity contribution in [1.29, 1.82) is 0 Å². The summed E-state index contributed by atoms with van der Waals surface area (Å²) in [7, 11) is 0. The minimum Gasteiger partial charge on any atom is -0.460 e. The average Bonchev–Trinajstić information content (AvgIpc) is 2.55. The Balaban J connectivity index is 1.83. The Labute approximate surface area is 131 Å². The van der Waals surface area contributed by atoms with E-state index in [-0.39, 0.29) is 25.7 Å². The monoisotopic (exact) mass is 299 g/mol. The minimum absolute atomic E-state index is 0.0127. The topological polar surface area (TPSA) is 49.8 Å². The van der Waals surface area contributed by atoms with Gasteiger partial charge in [0.05, 0.1) is 13.2 Å². The van der Waals surface area contributed by atoms with Crippen molar-refractivity contribution in [2.24, 2.45) is 0 Å². The lowest BCUT2D eigenvalue weighted by atomic mass is 10.2. The van der Waals surface area contributed by atoms with Gasteiger partial charge in [0.1, 0.15) is 6.61 Å². The normalized spacial score (nSPS) is 10.6. The molecular formula is C18H21NO3. The van der Waals surface area contributed by atoms with Gasteiger partial charge in [0.15, 0.2) is 0 Å². The SMILES string of the molecule is O=C(CN(CCO)Cc1ccccc1)OCc1ccccc1. The molecule has 2 rings (SSSR count). The standard InChI is InChI=1S/C18H21NO3/c20-12-11-19(13-16-7-3-1-4-8-16)14-18(21)22-15-17-9-5-2-6-10-17/h1-10,20H,11-15H2. The summed E-state index contributed by atoms with van der Waals surface area (Å²) < 4.78 is 5.28. The fourth-order valence-corrected chi connectivity index (χ4v) is 2.16. The molecule has 116 valence electrons. The molecule has 0 aliphatic carbocycles. The summed E-state index contributed by atoms with van der Waals surface area (Å²) in [4.78, 5) is 13.8. The van der Waals surface area contributed by atoms with Gasteiger partial charge < -0.3 is 9.84 Å². The quantitative estimate of drug-likeness (QED) is 0.759. The van der Waals surface area contributed by atoms with Crippen LogP contribution in [0, 0.1) is 0 Å². The smallest absolute Gasteiger partial charge is 0.320 e. The summed E-state index contributed by atoms with van der Waals surface area (Å²) in [6.45, 7) is 1.51. The van der Waals surface area contributed by atoms with Gasteiger partial charge in [0.2, 0.25) is 0 Å². The lowest BCUT2D eigenvalue weighted by Crippen LogP contribution is -2.32. The van der Waals surface area contributed by atoms with Gasteiger partial charge in [-0.05, 0) is 11.1 Å². The van der Waals surface area contributed by atoms with Crippen molar-refractivity contribution in [2.75, 3.05) is 19.7 Å². The number of ether oxygens (including phenoxy) is 1. The predicted molar refractivity (Wildman–Crippen MR) is 85.0 cm³/mol. The average molecular weight is 299 g/mol. The molecule has 4 nitrogen and oxygen atoms in total. The van der Waals surface area contributed by atoms with Crippen molar-refractivity contribution in [2.45, 2.75) is 13.2 Å². The third-order valence-corrected chi connectivity index (χ3v) is 3.26. The molecule has 0 radical (unpaired) electrons. The van der Waals surface area contributed by atoms with E-state index in [1.165, 1.54) is 0 Å². The van der Waals surface area contributed by atoms with Crippen molar-refractivity contribution in [3.63, 3.8) is 0 Å². The summed E-state index contributed by atoms with van der Waals surface area (Å²) in [5.41, 5.74) is 2.07. The fourth-order valence-electron chi connectivity index (χ4n) is 2.16. The largest absolute Gasteiger partial charge is 0.460 e. The highest BCUT2D eigenvalue weighted by atomic mass is 16.5. The second-order valence-electron chi connectivity index (χ2n) is 5.07. The van der Waals surface area contributed by atoms with Crippen LogP contribution in [-0.2, 0) is 22.7 Å². The van der Waals surface area contributed by atoms with Gasteiger partial charge in [-0.2, -0.15) is 0 Å². The summed E-state index contributed by atoms with van der Waals surface area (Å²) >= 11 is 0. The zero-order valence-corrected chi connectivity index (χ0v) is 12.5. The number of benzene rings is 2. The zero-order chi connectivity index (χ0) is 15.6. The van der Waals surface area contributed by atoms with E-state index in [0.29, 0.717) is 13.1 Å². The highest BCUT2D eigenvalue weighted by Crippen LogP contribution is 2.05. The molecule has 0 aromatic heterocycles. The van der Waals surface area contributed by atoms with E-state index >= 15 is 0 Å². The molecule has 0 fully saturated rings. The Bertz CT molecular complexity index is 557. The van der Waals surface area contributed by atoms with Crippen LogP contribution < -0.4 is 0 Å². The van der Waals surface area contributed by atoms with Crippen LogP contribution in [0.4, 0.5) is 0 Å².